The predicted octanol–water partition coefficient (Wildman–Crippen LogP) is 7.42. The van der Waals surface area contributed by atoms with Gasteiger partial charge in [0.25, 0.3) is 0 Å². The summed E-state index contributed by atoms with van der Waals surface area (Å²) in [4.78, 5) is 13.5. The second-order valence-electron chi connectivity index (χ2n) is 5.27. The number of halogens is 6. The van der Waals surface area contributed by atoms with Crippen molar-refractivity contribution in [3.05, 3.63) is 63.9 Å². The lowest BCUT2D eigenvalue weighted by Crippen LogP contribution is -2.16. The van der Waals surface area contributed by atoms with Crippen molar-refractivity contribution in [2.75, 3.05) is 0 Å². The number of rotatable bonds is 3. The minimum absolute atomic E-state index is 0.125. The van der Waals surface area contributed by atoms with Gasteiger partial charge in [-0.05, 0) is 23.1 Å². The minimum Gasteiger partial charge on any atom is -0.209 e. The lowest BCUT2D eigenvalue weighted by Gasteiger charge is -2.15. The largest absolute Gasteiger partial charge is 0.250 e. The van der Waals surface area contributed by atoms with E-state index in [0.29, 0.717) is 5.56 Å². The van der Waals surface area contributed by atoms with E-state index in [1.165, 1.54) is 0 Å². The Balaban J connectivity index is 1.95. The van der Waals surface area contributed by atoms with Crippen LogP contribution in [0.4, 0.5) is 0 Å². The summed E-state index contributed by atoms with van der Waals surface area (Å²) in [5.41, 5.74) is 1.67. The van der Waals surface area contributed by atoms with E-state index in [0.717, 1.165) is 10.4 Å². The molecule has 0 amide bonds. The molecule has 0 N–H and O–H groups in total. The fourth-order valence-electron chi connectivity index (χ4n) is 2.07. The Morgan fingerprint density at radius 2 is 1.33 bits per heavy atom. The van der Waals surface area contributed by atoms with Crippen LogP contribution in [0.1, 0.15) is 22.1 Å². The maximum Gasteiger partial charge on any atom is 0.250 e. The standard InChI is InChI=1S/C17H9Cl6N3S/c18-16(19,20)14-24-13(25-15(26-14)17(21,22)23)11-6-3-10(4-7-11)5-8-12-2-1-9-27-12/h1-9H. The molecule has 0 unspecified atom stereocenters. The molecular formula is C17H9Cl6N3S. The topological polar surface area (TPSA) is 38.7 Å². The molecule has 10 heteroatoms. The molecule has 3 aromatic rings. The van der Waals surface area contributed by atoms with Gasteiger partial charge in [-0.25, -0.2) is 15.0 Å². The van der Waals surface area contributed by atoms with Gasteiger partial charge in [-0.1, -0.05) is 106 Å². The summed E-state index contributed by atoms with van der Waals surface area (Å²) >= 11 is 37.0. The first kappa shape index (κ1) is 21.1. The number of benzene rings is 1. The Kier molecular flexibility index (Phi) is 6.59. The number of hydrogen-bond acceptors (Lipinski definition) is 4. The third-order valence-electron chi connectivity index (χ3n) is 3.29. The molecule has 0 spiro atoms. The summed E-state index contributed by atoms with van der Waals surface area (Å²) in [6.07, 6.45) is 4.03. The second kappa shape index (κ2) is 8.42. The fourth-order valence-corrected chi connectivity index (χ4v) is 3.19. The quantitative estimate of drug-likeness (QED) is 0.352. The van der Waals surface area contributed by atoms with E-state index < -0.39 is 7.59 Å². The van der Waals surface area contributed by atoms with Crippen LogP contribution in [0, 0.1) is 0 Å². The Morgan fingerprint density at radius 1 is 0.741 bits per heavy atom. The normalized spacial score (nSPS) is 12.7. The summed E-state index contributed by atoms with van der Waals surface area (Å²) in [6, 6.07) is 11.5. The van der Waals surface area contributed by atoms with E-state index in [1.807, 2.05) is 53.9 Å². The summed E-state index contributed by atoms with van der Waals surface area (Å²) < 4.78 is -3.77. The Bertz CT molecular complexity index is 912. The van der Waals surface area contributed by atoms with E-state index in [1.54, 1.807) is 11.3 Å². The zero-order chi connectivity index (χ0) is 19.7. The van der Waals surface area contributed by atoms with Crippen LogP contribution in [-0.4, -0.2) is 15.0 Å². The van der Waals surface area contributed by atoms with Gasteiger partial charge in [-0.2, -0.15) is 0 Å². The van der Waals surface area contributed by atoms with Crippen LogP contribution < -0.4 is 0 Å². The number of thiophene rings is 1. The van der Waals surface area contributed by atoms with Crippen LogP contribution in [0.3, 0.4) is 0 Å². The van der Waals surface area contributed by atoms with Gasteiger partial charge < -0.3 is 0 Å². The van der Waals surface area contributed by atoms with Crippen molar-refractivity contribution in [2.24, 2.45) is 0 Å². The summed E-state index contributed by atoms with van der Waals surface area (Å²) in [6.45, 7) is 0. The number of nitrogens with zero attached hydrogens (tertiary/aromatic N) is 3. The second-order valence-corrected chi connectivity index (χ2v) is 10.8. The summed E-state index contributed by atoms with van der Waals surface area (Å²) in [5.74, 6) is -0.0116. The molecule has 0 saturated heterocycles. The molecule has 0 aliphatic rings. The SMILES string of the molecule is ClC(Cl)(Cl)c1nc(-c2ccc(C=Cc3cccs3)cc2)nc(C(Cl)(Cl)Cl)n1. The average molecular weight is 500 g/mol. The van der Waals surface area contributed by atoms with Crippen molar-refractivity contribution in [1.29, 1.82) is 0 Å². The van der Waals surface area contributed by atoms with Crippen LogP contribution in [0.2, 0.25) is 0 Å². The average Bonchev–Trinajstić information content (AvgIpc) is 3.12. The van der Waals surface area contributed by atoms with Gasteiger partial charge >= 0.3 is 0 Å². The molecule has 1 aromatic carbocycles. The van der Waals surface area contributed by atoms with E-state index in [9.17, 15) is 0 Å². The highest BCUT2D eigenvalue weighted by Gasteiger charge is 2.33. The van der Waals surface area contributed by atoms with Crippen LogP contribution in [0.5, 0.6) is 0 Å². The van der Waals surface area contributed by atoms with Crippen molar-refractivity contribution in [3.8, 4) is 11.4 Å². The van der Waals surface area contributed by atoms with Crippen molar-refractivity contribution in [3.63, 3.8) is 0 Å². The summed E-state index contributed by atoms with van der Waals surface area (Å²) in [5, 5.41) is 2.02. The van der Waals surface area contributed by atoms with E-state index >= 15 is 0 Å². The molecule has 0 aliphatic heterocycles. The highest BCUT2D eigenvalue weighted by Crippen LogP contribution is 2.40. The van der Waals surface area contributed by atoms with Crippen molar-refractivity contribution in [2.45, 2.75) is 7.59 Å². The van der Waals surface area contributed by atoms with Crippen molar-refractivity contribution < 1.29 is 0 Å². The Hall–Kier alpha value is -0.590. The third kappa shape index (κ3) is 5.70. The van der Waals surface area contributed by atoms with Crippen LogP contribution >= 0.6 is 80.9 Å². The molecule has 0 saturated carbocycles. The van der Waals surface area contributed by atoms with Gasteiger partial charge in [0.15, 0.2) is 17.5 Å². The smallest absolute Gasteiger partial charge is 0.209 e. The Labute approximate surface area is 189 Å². The molecule has 140 valence electrons. The molecule has 27 heavy (non-hydrogen) atoms. The first-order chi connectivity index (χ1) is 12.6. The first-order valence-corrected chi connectivity index (χ1v) is 10.5. The maximum atomic E-state index is 5.90. The molecule has 0 aliphatic carbocycles. The Morgan fingerprint density at radius 3 is 1.81 bits per heavy atom. The molecule has 0 radical (unpaired) electrons. The van der Waals surface area contributed by atoms with Crippen LogP contribution in [-0.2, 0) is 7.59 Å². The lowest BCUT2D eigenvalue weighted by molar-refractivity contribution is 0.851. The zero-order valence-corrected chi connectivity index (χ0v) is 18.6. The van der Waals surface area contributed by atoms with Crippen LogP contribution in [0.15, 0.2) is 41.8 Å². The third-order valence-corrected chi connectivity index (χ3v) is 5.15. The fraction of sp³-hybridized carbons (Fsp3) is 0.118. The molecular weight excluding hydrogens is 491 g/mol. The number of alkyl halides is 6. The highest BCUT2D eigenvalue weighted by molar-refractivity contribution is 7.10. The van der Waals surface area contributed by atoms with Gasteiger partial charge in [0.2, 0.25) is 7.59 Å². The molecule has 2 aromatic heterocycles. The molecule has 3 nitrogen and oxygen atoms in total. The highest BCUT2D eigenvalue weighted by atomic mass is 35.6. The molecule has 3 rings (SSSR count). The lowest BCUT2D eigenvalue weighted by atomic mass is 10.1. The van der Waals surface area contributed by atoms with E-state index in [-0.39, 0.29) is 17.5 Å². The number of hydrogen-bond donors (Lipinski definition) is 0. The van der Waals surface area contributed by atoms with Gasteiger partial charge in [-0.15, -0.1) is 11.3 Å². The van der Waals surface area contributed by atoms with E-state index in [4.69, 9.17) is 69.6 Å². The molecule has 0 fully saturated rings. The van der Waals surface area contributed by atoms with Gasteiger partial charge in [0.1, 0.15) is 0 Å². The van der Waals surface area contributed by atoms with Gasteiger partial charge in [-0.3, -0.25) is 0 Å². The molecule has 0 atom stereocenters. The predicted molar refractivity (Wildman–Crippen MR) is 117 cm³/mol. The zero-order valence-electron chi connectivity index (χ0n) is 13.2. The van der Waals surface area contributed by atoms with Crippen molar-refractivity contribution in [1.82, 2.24) is 15.0 Å². The van der Waals surface area contributed by atoms with Crippen molar-refractivity contribution >= 4 is 93.1 Å². The molecule has 2 heterocycles. The van der Waals surface area contributed by atoms with Gasteiger partial charge in [0, 0.05) is 10.4 Å². The number of aromatic nitrogens is 3. The molecule has 0 bridgehead atoms. The summed E-state index contributed by atoms with van der Waals surface area (Å²) in [7, 11) is 0. The van der Waals surface area contributed by atoms with Crippen LogP contribution in [0.25, 0.3) is 23.5 Å². The van der Waals surface area contributed by atoms with Gasteiger partial charge in [0.05, 0.1) is 0 Å². The van der Waals surface area contributed by atoms with E-state index in [2.05, 4.69) is 15.0 Å². The maximum absolute atomic E-state index is 5.90. The minimum atomic E-state index is -1.88. The monoisotopic (exact) mass is 497 g/mol. The first-order valence-electron chi connectivity index (χ1n) is 7.35.